The van der Waals surface area contributed by atoms with E-state index in [0.717, 1.165) is 5.56 Å². The molecule has 0 bridgehead atoms. The highest BCUT2D eigenvalue weighted by atomic mass is 35.5. The zero-order chi connectivity index (χ0) is 21.7. The summed E-state index contributed by atoms with van der Waals surface area (Å²) in [7, 11) is 0. The summed E-state index contributed by atoms with van der Waals surface area (Å²) >= 11 is 5.99. The van der Waals surface area contributed by atoms with Crippen LogP contribution in [-0.2, 0) is 14.3 Å². The molecule has 0 saturated heterocycles. The second-order valence-corrected chi connectivity index (χ2v) is 7.45. The van der Waals surface area contributed by atoms with Crippen LogP contribution in [0.1, 0.15) is 30.9 Å². The smallest absolute Gasteiger partial charge is 0.336 e. The van der Waals surface area contributed by atoms with Gasteiger partial charge < -0.3 is 9.84 Å². The van der Waals surface area contributed by atoms with Gasteiger partial charge in [0.15, 0.2) is 0 Å². The third-order valence-electron chi connectivity index (χ3n) is 4.96. The molecule has 0 aliphatic carbocycles. The SMILES string of the molecule is CC1=NC(C)=C(C(=O)OCC=Cc2ccccc2)C(c2ccc(Cl)cc2)C1C(=O)O. The molecule has 0 aromatic heterocycles. The van der Waals surface area contributed by atoms with Gasteiger partial charge in [0, 0.05) is 22.3 Å². The van der Waals surface area contributed by atoms with E-state index in [-0.39, 0.29) is 12.2 Å². The Balaban J connectivity index is 1.87. The number of carboxylic acid groups (broad SMARTS) is 1. The summed E-state index contributed by atoms with van der Waals surface area (Å²) in [5, 5.41) is 10.4. The molecule has 30 heavy (non-hydrogen) atoms. The third-order valence-corrected chi connectivity index (χ3v) is 5.22. The highest BCUT2D eigenvalue weighted by Crippen LogP contribution is 2.39. The van der Waals surface area contributed by atoms with Gasteiger partial charge >= 0.3 is 11.9 Å². The molecule has 2 aromatic rings. The van der Waals surface area contributed by atoms with Crippen LogP contribution in [0.4, 0.5) is 0 Å². The third kappa shape index (κ3) is 4.86. The number of benzene rings is 2. The van der Waals surface area contributed by atoms with Gasteiger partial charge in [-0.3, -0.25) is 9.79 Å². The maximum Gasteiger partial charge on any atom is 0.336 e. The lowest BCUT2D eigenvalue weighted by atomic mass is 9.75. The summed E-state index contributed by atoms with van der Waals surface area (Å²) in [5.41, 5.74) is 2.82. The van der Waals surface area contributed by atoms with Crippen molar-refractivity contribution >= 4 is 35.3 Å². The average molecular weight is 424 g/mol. The number of aliphatic carboxylic acids is 1. The first-order chi connectivity index (χ1) is 14.4. The molecule has 1 heterocycles. The molecule has 1 aliphatic rings. The van der Waals surface area contributed by atoms with Crippen LogP contribution in [0.25, 0.3) is 6.08 Å². The van der Waals surface area contributed by atoms with Crippen molar-refractivity contribution in [1.29, 1.82) is 0 Å². The van der Waals surface area contributed by atoms with Crippen molar-refractivity contribution in [3.05, 3.63) is 88.1 Å². The summed E-state index contributed by atoms with van der Waals surface area (Å²) in [5.74, 6) is -3.29. The van der Waals surface area contributed by atoms with Crippen LogP contribution in [0, 0.1) is 5.92 Å². The fraction of sp³-hybridized carbons (Fsp3) is 0.208. The van der Waals surface area contributed by atoms with Crippen molar-refractivity contribution in [2.75, 3.05) is 6.61 Å². The van der Waals surface area contributed by atoms with E-state index in [0.29, 0.717) is 22.0 Å². The van der Waals surface area contributed by atoms with Crippen molar-refractivity contribution in [3.63, 3.8) is 0 Å². The number of halogens is 1. The standard InChI is InChI=1S/C24H22ClNO4/c1-15-20(23(27)28)22(18-10-12-19(25)13-11-18)21(16(2)26-15)24(29)30-14-6-9-17-7-4-3-5-8-17/h3-13,20,22H,14H2,1-2H3,(H,27,28). The topological polar surface area (TPSA) is 76.0 Å². The van der Waals surface area contributed by atoms with Gasteiger partial charge in [-0.1, -0.05) is 60.1 Å². The van der Waals surface area contributed by atoms with E-state index in [9.17, 15) is 14.7 Å². The summed E-state index contributed by atoms with van der Waals surface area (Å²) in [6.07, 6.45) is 3.60. The van der Waals surface area contributed by atoms with Crippen molar-refractivity contribution in [1.82, 2.24) is 0 Å². The average Bonchev–Trinajstić information content (AvgIpc) is 2.71. The molecule has 2 atom stereocenters. The maximum absolute atomic E-state index is 12.9. The minimum atomic E-state index is -1.04. The molecular weight excluding hydrogens is 402 g/mol. The lowest BCUT2D eigenvalue weighted by Gasteiger charge is -2.30. The Morgan fingerprint density at radius 1 is 1.10 bits per heavy atom. The van der Waals surface area contributed by atoms with Gasteiger partial charge in [-0.25, -0.2) is 4.79 Å². The minimum Gasteiger partial charge on any atom is -0.481 e. The van der Waals surface area contributed by atoms with E-state index in [1.54, 1.807) is 44.2 Å². The van der Waals surface area contributed by atoms with Crippen LogP contribution < -0.4 is 0 Å². The first-order valence-electron chi connectivity index (χ1n) is 9.51. The number of allylic oxidation sites excluding steroid dienone is 1. The number of ether oxygens (including phenoxy) is 1. The second kappa shape index (κ2) is 9.55. The maximum atomic E-state index is 12.9. The molecule has 2 aromatic carbocycles. The number of aliphatic imine (C=N–C) groups is 1. The second-order valence-electron chi connectivity index (χ2n) is 7.01. The molecule has 6 heteroatoms. The summed E-state index contributed by atoms with van der Waals surface area (Å²) in [6.45, 7) is 3.43. The molecule has 0 spiro atoms. The zero-order valence-electron chi connectivity index (χ0n) is 16.7. The van der Waals surface area contributed by atoms with Gasteiger partial charge in [-0.05, 0) is 43.2 Å². The van der Waals surface area contributed by atoms with Crippen LogP contribution in [0.3, 0.4) is 0 Å². The Morgan fingerprint density at radius 3 is 2.40 bits per heavy atom. The van der Waals surface area contributed by atoms with Crippen molar-refractivity contribution < 1.29 is 19.4 Å². The number of nitrogens with zero attached hydrogens (tertiary/aromatic N) is 1. The van der Waals surface area contributed by atoms with Gasteiger partial charge in [0.25, 0.3) is 0 Å². The molecular formula is C24H22ClNO4. The monoisotopic (exact) mass is 423 g/mol. The van der Waals surface area contributed by atoms with Crippen molar-refractivity contribution in [3.8, 4) is 0 Å². The van der Waals surface area contributed by atoms with Crippen LogP contribution in [0.5, 0.6) is 0 Å². The summed E-state index contributed by atoms with van der Waals surface area (Å²) < 4.78 is 5.44. The predicted octanol–water partition coefficient (Wildman–Crippen LogP) is 5.13. The molecule has 2 unspecified atom stereocenters. The number of carbonyl (C=O) groups is 2. The Labute approximate surface area is 180 Å². The van der Waals surface area contributed by atoms with Crippen molar-refractivity contribution in [2.24, 2.45) is 10.9 Å². The van der Waals surface area contributed by atoms with E-state index in [1.807, 2.05) is 36.4 Å². The molecule has 0 saturated carbocycles. The van der Waals surface area contributed by atoms with Crippen LogP contribution in [0.15, 0.2) is 76.9 Å². The molecule has 5 nitrogen and oxygen atoms in total. The molecule has 0 amide bonds. The van der Waals surface area contributed by atoms with Crippen LogP contribution in [0.2, 0.25) is 5.02 Å². The van der Waals surface area contributed by atoms with Gasteiger partial charge in [0.2, 0.25) is 0 Å². The van der Waals surface area contributed by atoms with Gasteiger partial charge in [0.1, 0.15) is 12.5 Å². The summed E-state index contributed by atoms with van der Waals surface area (Å²) in [4.78, 5) is 29.3. The highest BCUT2D eigenvalue weighted by molar-refractivity contribution is 6.30. The number of esters is 1. The van der Waals surface area contributed by atoms with Crippen molar-refractivity contribution in [2.45, 2.75) is 19.8 Å². The number of carboxylic acids is 1. The normalized spacial score (nSPS) is 19.0. The Morgan fingerprint density at radius 2 is 1.77 bits per heavy atom. The number of hydrogen-bond donors (Lipinski definition) is 1. The Kier molecular flexibility index (Phi) is 6.85. The lowest BCUT2D eigenvalue weighted by Crippen LogP contribution is -2.35. The van der Waals surface area contributed by atoms with E-state index >= 15 is 0 Å². The molecule has 154 valence electrons. The Hall–Kier alpha value is -3.18. The summed E-state index contributed by atoms with van der Waals surface area (Å²) in [6, 6.07) is 16.5. The Bertz CT molecular complexity index is 1020. The van der Waals surface area contributed by atoms with E-state index < -0.39 is 23.8 Å². The molecule has 0 radical (unpaired) electrons. The van der Waals surface area contributed by atoms with Gasteiger partial charge in [-0.2, -0.15) is 0 Å². The highest BCUT2D eigenvalue weighted by Gasteiger charge is 2.41. The zero-order valence-corrected chi connectivity index (χ0v) is 17.5. The number of carbonyl (C=O) groups excluding carboxylic acids is 1. The van der Waals surface area contributed by atoms with E-state index in [2.05, 4.69) is 4.99 Å². The fourth-order valence-corrected chi connectivity index (χ4v) is 3.73. The fourth-order valence-electron chi connectivity index (χ4n) is 3.60. The number of hydrogen-bond acceptors (Lipinski definition) is 4. The molecule has 1 N–H and O–H groups in total. The molecule has 3 rings (SSSR count). The molecule has 1 aliphatic heterocycles. The first-order valence-corrected chi connectivity index (χ1v) is 9.89. The quantitative estimate of drug-likeness (QED) is 0.653. The van der Waals surface area contributed by atoms with E-state index in [4.69, 9.17) is 16.3 Å². The minimum absolute atomic E-state index is 0.0677. The van der Waals surface area contributed by atoms with Crippen LogP contribution in [-0.4, -0.2) is 29.4 Å². The lowest BCUT2D eigenvalue weighted by molar-refractivity contribution is -0.140. The molecule has 0 fully saturated rings. The predicted molar refractivity (Wildman–Crippen MR) is 118 cm³/mol. The number of rotatable bonds is 6. The van der Waals surface area contributed by atoms with E-state index in [1.165, 1.54) is 0 Å². The first kappa shape index (κ1) is 21.5. The largest absolute Gasteiger partial charge is 0.481 e. The van der Waals surface area contributed by atoms with Gasteiger partial charge in [0.05, 0.1) is 5.57 Å². The van der Waals surface area contributed by atoms with Crippen LogP contribution >= 0.6 is 11.6 Å². The van der Waals surface area contributed by atoms with Gasteiger partial charge in [-0.15, -0.1) is 0 Å².